The van der Waals surface area contributed by atoms with Crippen LogP contribution in [0.25, 0.3) is 0 Å². The molecule has 4 rings (SSSR count). The quantitative estimate of drug-likeness (QED) is 0.820. The number of amides is 1. The van der Waals surface area contributed by atoms with Gasteiger partial charge in [-0.05, 0) is 42.7 Å². The highest BCUT2D eigenvalue weighted by Gasteiger charge is 2.51. The fraction of sp³-hybridized carbons (Fsp3) is 0.316. The van der Waals surface area contributed by atoms with Crippen molar-refractivity contribution in [1.82, 2.24) is 5.32 Å². The van der Waals surface area contributed by atoms with Crippen molar-refractivity contribution in [2.75, 3.05) is 19.9 Å². The summed E-state index contributed by atoms with van der Waals surface area (Å²) in [5.74, 6) is 1.70. The molecule has 0 atom stereocenters. The molecule has 0 saturated heterocycles. The lowest BCUT2D eigenvalue weighted by Crippen LogP contribution is -2.37. The van der Waals surface area contributed by atoms with E-state index in [1.165, 1.54) is 12.1 Å². The SMILES string of the molecule is O=C(NCCOc1ccc2c(c1)OCO2)C1(c2ccc(F)cc2)CC1. The van der Waals surface area contributed by atoms with Crippen molar-refractivity contribution in [1.29, 1.82) is 0 Å². The van der Waals surface area contributed by atoms with Gasteiger partial charge in [-0.1, -0.05) is 12.1 Å². The molecule has 130 valence electrons. The molecule has 1 aliphatic carbocycles. The van der Waals surface area contributed by atoms with Crippen molar-refractivity contribution in [3.8, 4) is 17.2 Å². The van der Waals surface area contributed by atoms with Gasteiger partial charge >= 0.3 is 0 Å². The van der Waals surface area contributed by atoms with E-state index in [4.69, 9.17) is 14.2 Å². The molecule has 0 bridgehead atoms. The maximum Gasteiger partial charge on any atom is 0.231 e. The van der Waals surface area contributed by atoms with Crippen LogP contribution in [0.4, 0.5) is 4.39 Å². The average Bonchev–Trinajstić information content (AvgIpc) is 3.30. The number of ether oxygens (including phenoxy) is 3. The van der Waals surface area contributed by atoms with Gasteiger partial charge < -0.3 is 19.5 Å². The highest BCUT2D eigenvalue weighted by Crippen LogP contribution is 2.48. The summed E-state index contributed by atoms with van der Waals surface area (Å²) in [4.78, 5) is 12.5. The second kappa shape index (κ2) is 6.27. The van der Waals surface area contributed by atoms with Crippen LogP contribution in [-0.4, -0.2) is 25.9 Å². The molecule has 0 spiro atoms. The van der Waals surface area contributed by atoms with E-state index in [0.29, 0.717) is 30.4 Å². The zero-order valence-electron chi connectivity index (χ0n) is 13.6. The Morgan fingerprint density at radius 3 is 2.64 bits per heavy atom. The van der Waals surface area contributed by atoms with Gasteiger partial charge in [-0.15, -0.1) is 0 Å². The fourth-order valence-corrected chi connectivity index (χ4v) is 3.01. The number of hydrogen-bond donors (Lipinski definition) is 1. The van der Waals surface area contributed by atoms with Crippen molar-refractivity contribution in [3.05, 3.63) is 53.8 Å². The third-order valence-electron chi connectivity index (χ3n) is 4.58. The number of benzene rings is 2. The van der Waals surface area contributed by atoms with E-state index in [2.05, 4.69) is 5.32 Å². The Morgan fingerprint density at radius 1 is 1.12 bits per heavy atom. The van der Waals surface area contributed by atoms with Gasteiger partial charge in [0.2, 0.25) is 12.7 Å². The number of carbonyl (C=O) groups excluding carboxylic acids is 1. The summed E-state index contributed by atoms with van der Waals surface area (Å²) in [6, 6.07) is 11.5. The van der Waals surface area contributed by atoms with Gasteiger partial charge in [0.25, 0.3) is 0 Å². The summed E-state index contributed by atoms with van der Waals surface area (Å²) >= 11 is 0. The standard InChI is InChI=1S/C19H18FNO4/c20-14-3-1-13(2-4-14)19(7-8-19)18(22)21-9-10-23-15-5-6-16-17(11-15)25-12-24-16/h1-6,11H,7-10,12H2,(H,21,22). The monoisotopic (exact) mass is 343 g/mol. The second-order valence-corrected chi connectivity index (χ2v) is 6.21. The van der Waals surface area contributed by atoms with Gasteiger partial charge in [-0.2, -0.15) is 0 Å². The minimum absolute atomic E-state index is 0.0339. The minimum atomic E-state index is -0.507. The van der Waals surface area contributed by atoms with Crippen molar-refractivity contribution < 1.29 is 23.4 Å². The first kappa shape index (κ1) is 15.7. The van der Waals surface area contributed by atoms with Crippen LogP contribution in [0, 0.1) is 5.82 Å². The zero-order chi connectivity index (χ0) is 17.3. The van der Waals surface area contributed by atoms with Crippen molar-refractivity contribution in [2.45, 2.75) is 18.3 Å². The Bertz CT molecular complexity index is 787. The summed E-state index contributed by atoms with van der Waals surface area (Å²) in [7, 11) is 0. The van der Waals surface area contributed by atoms with Crippen LogP contribution in [-0.2, 0) is 10.2 Å². The van der Waals surface area contributed by atoms with Gasteiger partial charge in [0.15, 0.2) is 11.5 Å². The third-order valence-corrected chi connectivity index (χ3v) is 4.58. The summed E-state index contributed by atoms with van der Waals surface area (Å²) in [6.07, 6.45) is 1.57. The van der Waals surface area contributed by atoms with E-state index >= 15 is 0 Å². The normalized spacial score (nSPS) is 16.4. The van der Waals surface area contributed by atoms with E-state index in [1.807, 2.05) is 0 Å². The predicted octanol–water partition coefficient (Wildman–Crippen LogP) is 2.78. The zero-order valence-corrected chi connectivity index (χ0v) is 13.6. The Hall–Kier alpha value is -2.76. The first-order valence-electron chi connectivity index (χ1n) is 8.24. The summed E-state index contributed by atoms with van der Waals surface area (Å²) in [5.41, 5.74) is 0.356. The molecule has 6 heteroatoms. The number of nitrogens with one attached hydrogen (secondary N) is 1. The molecule has 5 nitrogen and oxygen atoms in total. The lowest BCUT2D eigenvalue weighted by Gasteiger charge is -2.16. The van der Waals surface area contributed by atoms with E-state index in [1.54, 1.807) is 30.3 Å². The Labute approximate surface area is 144 Å². The first-order chi connectivity index (χ1) is 12.2. The summed E-state index contributed by atoms with van der Waals surface area (Å²) < 4.78 is 29.2. The molecule has 25 heavy (non-hydrogen) atoms. The molecule has 1 saturated carbocycles. The molecule has 1 heterocycles. The van der Waals surface area contributed by atoms with E-state index in [9.17, 15) is 9.18 Å². The average molecular weight is 343 g/mol. The molecule has 1 fully saturated rings. The van der Waals surface area contributed by atoms with Crippen LogP contribution >= 0.6 is 0 Å². The summed E-state index contributed by atoms with van der Waals surface area (Å²) in [5, 5.41) is 2.91. The van der Waals surface area contributed by atoms with Crippen LogP contribution in [0.1, 0.15) is 18.4 Å². The van der Waals surface area contributed by atoms with Gasteiger partial charge in [-0.25, -0.2) is 4.39 Å². The number of hydrogen-bond acceptors (Lipinski definition) is 4. The van der Waals surface area contributed by atoms with Gasteiger partial charge in [0.05, 0.1) is 12.0 Å². The third kappa shape index (κ3) is 3.12. The number of carbonyl (C=O) groups is 1. The smallest absolute Gasteiger partial charge is 0.231 e. The van der Waals surface area contributed by atoms with Gasteiger partial charge in [0.1, 0.15) is 18.2 Å². The Kier molecular flexibility index (Phi) is 3.95. The van der Waals surface area contributed by atoms with Crippen LogP contribution < -0.4 is 19.5 Å². The molecule has 2 aliphatic rings. The first-order valence-corrected chi connectivity index (χ1v) is 8.24. The molecule has 0 radical (unpaired) electrons. The van der Waals surface area contributed by atoms with Crippen LogP contribution in [0.5, 0.6) is 17.2 Å². The summed E-state index contributed by atoms with van der Waals surface area (Å²) in [6.45, 7) is 0.974. The molecule has 1 aliphatic heterocycles. The molecular formula is C19H18FNO4. The van der Waals surface area contributed by atoms with Gasteiger partial charge in [-0.3, -0.25) is 4.79 Å². The van der Waals surface area contributed by atoms with Crippen molar-refractivity contribution in [3.63, 3.8) is 0 Å². The number of rotatable bonds is 6. The van der Waals surface area contributed by atoms with Crippen molar-refractivity contribution in [2.24, 2.45) is 0 Å². The van der Waals surface area contributed by atoms with Crippen LogP contribution in [0.3, 0.4) is 0 Å². The minimum Gasteiger partial charge on any atom is -0.492 e. The molecule has 1 N–H and O–H groups in total. The maximum absolute atomic E-state index is 13.1. The molecule has 1 amide bonds. The molecule has 0 aromatic heterocycles. The highest BCUT2D eigenvalue weighted by molar-refractivity contribution is 5.91. The molecular weight excluding hydrogens is 325 g/mol. The van der Waals surface area contributed by atoms with Crippen molar-refractivity contribution >= 4 is 5.91 Å². The lowest BCUT2D eigenvalue weighted by molar-refractivity contribution is -0.123. The van der Waals surface area contributed by atoms with Crippen LogP contribution in [0.2, 0.25) is 0 Å². The largest absolute Gasteiger partial charge is 0.492 e. The number of fused-ring (bicyclic) bond motifs is 1. The second-order valence-electron chi connectivity index (χ2n) is 6.21. The fourth-order valence-electron chi connectivity index (χ4n) is 3.01. The Morgan fingerprint density at radius 2 is 1.88 bits per heavy atom. The maximum atomic E-state index is 13.1. The van der Waals surface area contributed by atoms with Crippen LogP contribution in [0.15, 0.2) is 42.5 Å². The molecule has 2 aromatic carbocycles. The topological polar surface area (TPSA) is 56.8 Å². The predicted molar refractivity (Wildman–Crippen MR) is 88.4 cm³/mol. The molecule has 2 aromatic rings. The number of halogens is 1. The Balaban J connectivity index is 1.28. The van der Waals surface area contributed by atoms with Gasteiger partial charge in [0, 0.05) is 6.07 Å². The van der Waals surface area contributed by atoms with E-state index < -0.39 is 5.41 Å². The lowest BCUT2D eigenvalue weighted by atomic mass is 9.95. The van der Waals surface area contributed by atoms with E-state index in [0.717, 1.165) is 18.4 Å². The molecule has 0 unspecified atom stereocenters. The highest BCUT2D eigenvalue weighted by atomic mass is 19.1. The van der Waals surface area contributed by atoms with E-state index in [-0.39, 0.29) is 18.5 Å².